The minimum Gasteiger partial charge on any atom is -0.494 e. The van der Waals surface area contributed by atoms with Gasteiger partial charge in [0.1, 0.15) is 0 Å². The Morgan fingerprint density at radius 2 is 2.15 bits per heavy atom. The average molecular weight is 247 g/mol. The summed E-state index contributed by atoms with van der Waals surface area (Å²) in [4.78, 5) is 11.0. The zero-order valence-electron chi connectivity index (χ0n) is 7.23. The summed E-state index contributed by atoms with van der Waals surface area (Å²) in [7, 11) is 1.36. The van der Waals surface area contributed by atoms with Gasteiger partial charge in [0.15, 0.2) is 17.3 Å². The second-order valence-electron chi connectivity index (χ2n) is 2.49. The Morgan fingerprint density at radius 3 is 2.62 bits per heavy atom. The van der Waals surface area contributed by atoms with E-state index in [9.17, 15) is 9.18 Å². The van der Waals surface area contributed by atoms with Crippen molar-refractivity contribution < 1.29 is 13.9 Å². The van der Waals surface area contributed by atoms with Crippen molar-refractivity contribution in [1.29, 1.82) is 0 Å². The van der Waals surface area contributed by atoms with Gasteiger partial charge in [-0.05, 0) is 35.0 Å². The third-order valence-corrected chi connectivity index (χ3v) is 2.29. The molecule has 0 fully saturated rings. The van der Waals surface area contributed by atoms with Crippen LogP contribution in [0, 0.1) is 5.82 Å². The van der Waals surface area contributed by atoms with E-state index >= 15 is 0 Å². The van der Waals surface area contributed by atoms with Crippen LogP contribution in [0.4, 0.5) is 4.39 Å². The number of benzene rings is 1. The van der Waals surface area contributed by atoms with Crippen LogP contribution in [0.25, 0.3) is 0 Å². The summed E-state index contributed by atoms with van der Waals surface area (Å²) in [6.07, 6.45) is 0. The van der Waals surface area contributed by atoms with Crippen LogP contribution >= 0.6 is 15.9 Å². The van der Waals surface area contributed by atoms with Crippen LogP contribution in [0.3, 0.4) is 0 Å². The van der Waals surface area contributed by atoms with Crippen LogP contribution in [-0.4, -0.2) is 12.9 Å². The molecule has 13 heavy (non-hydrogen) atoms. The van der Waals surface area contributed by atoms with E-state index in [4.69, 9.17) is 4.74 Å². The number of Topliss-reactive ketones (excluding diaryl/α,β-unsaturated/α-hetero) is 1. The normalized spacial score (nSPS) is 9.85. The van der Waals surface area contributed by atoms with Gasteiger partial charge < -0.3 is 4.74 Å². The van der Waals surface area contributed by atoms with Crippen molar-refractivity contribution in [3.05, 3.63) is 28.0 Å². The highest BCUT2D eigenvalue weighted by molar-refractivity contribution is 9.10. The van der Waals surface area contributed by atoms with Crippen LogP contribution in [0.15, 0.2) is 16.6 Å². The summed E-state index contributed by atoms with van der Waals surface area (Å²) in [5.74, 6) is -0.874. The number of methoxy groups -OCH3 is 1. The van der Waals surface area contributed by atoms with Crippen molar-refractivity contribution >= 4 is 21.7 Å². The number of carbonyl (C=O) groups is 1. The molecule has 0 amide bonds. The fourth-order valence-corrected chi connectivity index (χ4v) is 1.60. The lowest BCUT2D eigenvalue weighted by Crippen LogP contribution is -2.01. The summed E-state index contributed by atoms with van der Waals surface area (Å²) in [5, 5.41) is 0. The summed E-state index contributed by atoms with van der Waals surface area (Å²) >= 11 is 3.09. The molecule has 0 aliphatic rings. The first-order valence-corrected chi connectivity index (χ1v) is 4.40. The predicted octanol–water partition coefficient (Wildman–Crippen LogP) is 2.80. The van der Waals surface area contributed by atoms with Crippen LogP contribution in [0.2, 0.25) is 0 Å². The largest absolute Gasteiger partial charge is 0.494 e. The number of hydrogen-bond acceptors (Lipinski definition) is 2. The smallest absolute Gasteiger partial charge is 0.176 e. The van der Waals surface area contributed by atoms with Gasteiger partial charge in [0.25, 0.3) is 0 Å². The Kier molecular flexibility index (Phi) is 3.03. The molecule has 0 aliphatic heterocycles. The maximum atomic E-state index is 13.4. The molecule has 0 saturated heterocycles. The number of ether oxygens (including phenoxy) is 1. The van der Waals surface area contributed by atoms with E-state index in [0.29, 0.717) is 4.47 Å². The van der Waals surface area contributed by atoms with Crippen molar-refractivity contribution in [2.24, 2.45) is 0 Å². The SMILES string of the molecule is COc1ccc(Br)c(C(C)=O)c1F. The zero-order valence-corrected chi connectivity index (χ0v) is 8.81. The predicted molar refractivity (Wildman–Crippen MR) is 50.7 cm³/mol. The molecule has 0 aliphatic carbocycles. The highest BCUT2D eigenvalue weighted by atomic mass is 79.9. The van der Waals surface area contributed by atoms with Gasteiger partial charge in [0.05, 0.1) is 12.7 Å². The highest BCUT2D eigenvalue weighted by Crippen LogP contribution is 2.27. The molecular formula is C9H8BrFO2. The standard InChI is InChI=1S/C9H8BrFO2/c1-5(12)8-6(10)3-4-7(13-2)9(8)11/h3-4H,1-2H3. The fourth-order valence-electron chi connectivity index (χ4n) is 1.01. The highest BCUT2D eigenvalue weighted by Gasteiger charge is 2.15. The Labute approximate surface area is 83.8 Å². The topological polar surface area (TPSA) is 26.3 Å². The van der Waals surface area contributed by atoms with Crippen molar-refractivity contribution in [3.63, 3.8) is 0 Å². The van der Waals surface area contributed by atoms with Crippen LogP contribution in [0.5, 0.6) is 5.75 Å². The van der Waals surface area contributed by atoms with Gasteiger partial charge in [-0.1, -0.05) is 0 Å². The zero-order chi connectivity index (χ0) is 10.0. The molecule has 0 heterocycles. The fraction of sp³-hybridized carbons (Fsp3) is 0.222. The Balaban J connectivity index is 3.38. The second-order valence-corrected chi connectivity index (χ2v) is 3.35. The monoisotopic (exact) mass is 246 g/mol. The number of ketones is 1. The van der Waals surface area contributed by atoms with Gasteiger partial charge in [-0.25, -0.2) is 4.39 Å². The first-order chi connectivity index (χ1) is 6.07. The first kappa shape index (κ1) is 10.2. The van der Waals surface area contributed by atoms with Crippen molar-refractivity contribution in [2.45, 2.75) is 6.92 Å². The molecule has 4 heteroatoms. The molecule has 1 aromatic rings. The Hall–Kier alpha value is -0.900. The van der Waals surface area contributed by atoms with Crippen molar-refractivity contribution in [3.8, 4) is 5.75 Å². The van der Waals surface area contributed by atoms with Gasteiger partial charge >= 0.3 is 0 Å². The summed E-state index contributed by atoms with van der Waals surface area (Å²) < 4.78 is 18.6. The molecule has 0 bridgehead atoms. The summed E-state index contributed by atoms with van der Waals surface area (Å²) in [6.45, 7) is 1.31. The van der Waals surface area contributed by atoms with Gasteiger partial charge in [-0.3, -0.25) is 4.79 Å². The third-order valence-electron chi connectivity index (χ3n) is 1.63. The number of carbonyl (C=O) groups excluding carboxylic acids is 1. The molecule has 70 valence electrons. The number of hydrogen-bond donors (Lipinski definition) is 0. The third kappa shape index (κ3) is 1.88. The minimum atomic E-state index is -0.621. The molecule has 0 aromatic heterocycles. The molecule has 0 spiro atoms. The summed E-state index contributed by atoms with van der Waals surface area (Å²) in [6, 6.07) is 3.05. The van der Waals surface area contributed by atoms with Gasteiger partial charge in [-0.15, -0.1) is 0 Å². The quantitative estimate of drug-likeness (QED) is 0.751. The molecular weight excluding hydrogens is 239 g/mol. The number of halogens is 2. The lowest BCUT2D eigenvalue weighted by molar-refractivity contribution is 0.101. The minimum absolute atomic E-state index is 0.0272. The molecule has 0 N–H and O–H groups in total. The Morgan fingerprint density at radius 1 is 1.54 bits per heavy atom. The maximum Gasteiger partial charge on any atom is 0.176 e. The van der Waals surface area contributed by atoms with E-state index in [0.717, 1.165) is 0 Å². The van der Waals surface area contributed by atoms with Crippen LogP contribution in [0.1, 0.15) is 17.3 Å². The summed E-state index contributed by atoms with van der Waals surface area (Å²) in [5.41, 5.74) is 0.0272. The van der Waals surface area contributed by atoms with Crippen LogP contribution in [-0.2, 0) is 0 Å². The van der Waals surface area contributed by atoms with E-state index in [-0.39, 0.29) is 17.1 Å². The van der Waals surface area contributed by atoms with Gasteiger partial charge in [-0.2, -0.15) is 0 Å². The lowest BCUT2D eigenvalue weighted by Gasteiger charge is -2.06. The molecule has 0 radical (unpaired) electrons. The number of rotatable bonds is 2. The second kappa shape index (κ2) is 3.87. The Bertz CT molecular complexity index is 350. The molecule has 1 rings (SSSR count). The molecule has 2 nitrogen and oxygen atoms in total. The van der Waals surface area contributed by atoms with E-state index in [1.54, 1.807) is 6.07 Å². The van der Waals surface area contributed by atoms with E-state index in [1.807, 2.05) is 0 Å². The molecule has 0 atom stereocenters. The molecule has 0 saturated carbocycles. The maximum absolute atomic E-state index is 13.4. The van der Waals surface area contributed by atoms with E-state index < -0.39 is 5.82 Å². The van der Waals surface area contributed by atoms with E-state index in [2.05, 4.69) is 15.9 Å². The van der Waals surface area contributed by atoms with Gasteiger partial charge in [0.2, 0.25) is 0 Å². The van der Waals surface area contributed by atoms with Crippen molar-refractivity contribution in [2.75, 3.05) is 7.11 Å². The van der Waals surface area contributed by atoms with E-state index in [1.165, 1.54) is 20.1 Å². The van der Waals surface area contributed by atoms with Crippen LogP contribution < -0.4 is 4.74 Å². The lowest BCUT2D eigenvalue weighted by atomic mass is 10.1. The molecule has 0 unspecified atom stereocenters. The average Bonchev–Trinajstić information content (AvgIpc) is 2.04. The first-order valence-electron chi connectivity index (χ1n) is 3.61. The molecule has 1 aromatic carbocycles. The van der Waals surface area contributed by atoms with Crippen molar-refractivity contribution in [1.82, 2.24) is 0 Å². The van der Waals surface area contributed by atoms with Gasteiger partial charge in [0, 0.05) is 4.47 Å².